The van der Waals surface area contributed by atoms with Gasteiger partial charge >= 0.3 is 6.03 Å². The molecule has 320 valence electrons. The quantitative estimate of drug-likeness (QED) is 0.0393. The number of nitrogens with two attached hydrogens (primary N) is 1. The maximum atomic E-state index is 12.5. The van der Waals surface area contributed by atoms with Gasteiger partial charge in [-0.15, -0.1) is 0 Å². The molecule has 8 N–H and O–H groups in total. The van der Waals surface area contributed by atoms with E-state index in [-0.39, 0.29) is 75.2 Å². The number of urea groups is 1. The van der Waals surface area contributed by atoms with Crippen LogP contribution < -0.4 is 27.0 Å². The Morgan fingerprint density at radius 3 is 2.04 bits per heavy atom. The number of amides is 6. The number of hydrogen-bond acceptors (Lipinski definition) is 10. The molecular formula is C40H73BN6O9. The van der Waals surface area contributed by atoms with E-state index in [1.165, 1.54) is 23.3 Å². The number of rotatable bonds is 22. The first-order chi connectivity index (χ1) is 26.7. The predicted molar refractivity (Wildman–Crippen MR) is 223 cm³/mol. The first-order valence-electron chi connectivity index (χ1n) is 19.7. The van der Waals surface area contributed by atoms with E-state index >= 15 is 0 Å². The summed E-state index contributed by atoms with van der Waals surface area (Å²) < 4.78 is 5.15. The maximum Gasteiger partial charge on any atom is 0.312 e. The molecular weight excluding hydrogens is 719 g/mol. The number of anilines is 1. The van der Waals surface area contributed by atoms with Crippen molar-refractivity contribution in [2.24, 2.45) is 17.6 Å². The number of ether oxygens (including phenoxy) is 1. The first-order valence-corrected chi connectivity index (χ1v) is 19.7. The van der Waals surface area contributed by atoms with Crippen molar-refractivity contribution in [1.29, 1.82) is 0 Å². The topological polar surface area (TPSA) is 229 Å². The molecule has 1 heterocycles. The normalized spacial score (nSPS) is 12.1. The van der Waals surface area contributed by atoms with Crippen LogP contribution in [0.2, 0.25) is 0 Å². The summed E-state index contributed by atoms with van der Waals surface area (Å²) in [6.07, 6.45) is 8.47. The predicted octanol–water partition coefficient (Wildman–Crippen LogP) is 3.22. The molecule has 1 unspecified atom stereocenters. The molecule has 1 fully saturated rings. The second-order valence-corrected chi connectivity index (χ2v) is 13.6. The number of imide groups is 1. The number of nitrogens with zero attached hydrogens (tertiary/aromatic N) is 1. The minimum absolute atomic E-state index is 0.00435. The minimum atomic E-state index is -0.551. The van der Waals surface area contributed by atoms with Crippen molar-refractivity contribution >= 4 is 49.5 Å². The highest BCUT2D eigenvalue weighted by Crippen LogP contribution is 2.20. The van der Waals surface area contributed by atoms with Crippen LogP contribution in [0, 0.1) is 11.8 Å². The van der Waals surface area contributed by atoms with Crippen LogP contribution in [0.25, 0.3) is 0 Å². The molecule has 15 nitrogen and oxygen atoms in total. The fourth-order valence-corrected chi connectivity index (χ4v) is 4.79. The third-order valence-electron chi connectivity index (χ3n) is 7.73. The van der Waals surface area contributed by atoms with Crippen molar-refractivity contribution in [3.8, 4) is 0 Å². The van der Waals surface area contributed by atoms with E-state index in [0.29, 0.717) is 50.4 Å². The summed E-state index contributed by atoms with van der Waals surface area (Å²) in [6, 6.07) is 5.03. The van der Waals surface area contributed by atoms with E-state index in [0.717, 1.165) is 37.6 Å². The number of hydrogen-bond donors (Lipinski definition) is 7. The summed E-state index contributed by atoms with van der Waals surface area (Å²) in [5.74, 6) is 0.616. The number of aliphatic hydroxyl groups is 2. The molecule has 2 rings (SSSR count). The van der Waals surface area contributed by atoms with E-state index in [2.05, 4.69) is 62.8 Å². The molecule has 0 spiro atoms. The zero-order valence-corrected chi connectivity index (χ0v) is 35.4. The summed E-state index contributed by atoms with van der Waals surface area (Å²) in [5.41, 5.74) is 8.14. The monoisotopic (exact) mass is 793 g/mol. The Hall–Kier alpha value is -3.86. The highest BCUT2D eigenvalue weighted by Gasteiger charge is 2.28. The molecule has 0 aliphatic carbocycles. The van der Waals surface area contributed by atoms with Gasteiger partial charge in [-0.25, -0.2) is 4.79 Å². The number of aliphatic hydroxyl groups excluding tert-OH is 2. The molecule has 2 radical (unpaired) electrons. The number of nitrogens with one attached hydrogen (secondary N) is 4. The average molecular weight is 793 g/mol. The van der Waals surface area contributed by atoms with Gasteiger partial charge in [-0.2, -0.15) is 0 Å². The number of primary amides is 1. The zero-order valence-electron chi connectivity index (χ0n) is 35.4. The second kappa shape index (κ2) is 38.0. The summed E-state index contributed by atoms with van der Waals surface area (Å²) in [5, 5.41) is 26.1. The third kappa shape index (κ3) is 31.4. The van der Waals surface area contributed by atoms with E-state index in [4.69, 9.17) is 28.5 Å². The Kier molecular flexibility index (Phi) is 38.4. The lowest BCUT2D eigenvalue weighted by Gasteiger charge is -2.17. The SMILES string of the molecule is CC(C)CCO.CCC.CO.O=CCNC(=O)CCOCCN1C(=O)CCC1=O.[B]Cc1ccc(NC(=O)C(CCCNC(N)=O)NC)cc1CCCC(C)C. The summed E-state index contributed by atoms with van der Waals surface area (Å²) in [7, 11) is 8.61. The van der Waals surface area contributed by atoms with E-state index in [9.17, 15) is 28.8 Å². The van der Waals surface area contributed by atoms with Crippen molar-refractivity contribution in [3.63, 3.8) is 0 Å². The van der Waals surface area contributed by atoms with Gasteiger partial charge in [0.2, 0.25) is 23.6 Å². The molecule has 1 aliphatic rings. The van der Waals surface area contributed by atoms with Crippen LogP contribution in [0.5, 0.6) is 0 Å². The molecule has 1 aromatic carbocycles. The Balaban J connectivity index is -0.000000827. The van der Waals surface area contributed by atoms with Gasteiger partial charge in [0.05, 0.1) is 40.2 Å². The molecule has 0 saturated carbocycles. The lowest BCUT2D eigenvalue weighted by molar-refractivity contribution is -0.139. The van der Waals surface area contributed by atoms with Crippen LogP contribution in [0.3, 0.4) is 0 Å². The largest absolute Gasteiger partial charge is 0.400 e. The molecule has 1 aromatic rings. The maximum absolute atomic E-state index is 12.5. The van der Waals surface area contributed by atoms with Crippen LogP contribution in [0.4, 0.5) is 10.5 Å². The van der Waals surface area contributed by atoms with Crippen LogP contribution in [-0.2, 0) is 41.5 Å². The summed E-state index contributed by atoms with van der Waals surface area (Å²) in [4.78, 5) is 67.9. The average Bonchev–Trinajstić information content (AvgIpc) is 3.47. The standard InChI is InChI=1S/C20H33BN4O2.C11H16N2O5.C5H12O.C3H8.CH4O/c1-14(2)6-4-7-15-12-17(10-9-16(15)13-21)25-19(26)18(23-3)8-5-11-24-20(22)27;14-6-4-12-9(15)3-7-18-8-5-13-10(16)1-2-11(13)17;1-5(2)3-4-6;1-3-2;1-2/h9-10,12,14,18,23H,4-8,11,13H2,1-3H3,(H,25,26)(H3,22,24,27);6H,1-5,7-8H2,(H,12,15);5-6H,3-4H2,1-2H3;3H2,1-2H3;2H,1H3. The molecule has 0 bridgehead atoms. The van der Waals surface area contributed by atoms with Crippen molar-refractivity contribution < 1.29 is 43.7 Å². The van der Waals surface area contributed by atoms with Crippen molar-refractivity contribution in [2.45, 2.75) is 118 Å². The van der Waals surface area contributed by atoms with Gasteiger partial charge in [0.15, 0.2) is 0 Å². The number of aryl methyl sites for hydroxylation is 1. The Bertz CT molecular complexity index is 1200. The van der Waals surface area contributed by atoms with Crippen LogP contribution >= 0.6 is 0 Å². The van der Waals surface area contributed by atoms with Gasteiger partial charge in [0, 0.05) is 45.2 Å². The molecule has 16 heteroatoms. The summed E-state index contributed by atoms with van der Waals surface area (Å²) in [6.45, 7) is 14.3. The van der Waals surface area contributed by atoms with E-state index in [1.807, 2.05) is 18.2 Å². The van der Waals surface area contributed by atoms with Gasteiger partial charge in [-0.1, -0.05) is 72.3 Å². The highest BCUT2D eigenvalue weighted by atomic mass is 16.5. The van der Waals surface area contributed by atoms with Crippen LogP contribution in [0.1, 0.15) is 110 Å². The van der Waals surface area contributed by atoms with E-state index < -0.39 is 6.03 Å². The molecule has 1 atom stereocenters. The first kappa shape index (κ1) is 56.5. The Labute approximate surface area is 337 Å². The number of carbonyl (C=O) groups excluding carboxylic acids is 6. The minimum Gasteiger partial charge on any atom is -0.400 e. The molecule has 1 aliphatic heterocycles. The smallest absolute Gasteiger partial charge is 0.312 e. The van der Waals surface area contributed by atoms with Gasteiger partial charge in [0.1, 0.15) is 6.29 Å². The fourth-order valence-electron chi connectivity index (χ4n) is 4.79. The third-order valence-corrected chi connectivity index (χ3v) is 7.73. The van der Waals surface area contributed by atoms with Gasteiger partial charge in [-0.05, 0) is 68.7 Å². The number of aldehydes is 1. The van der Waals surface area contributed by atoms with Gasteiger partial charge < -0.3 is 46.7 Å². The molecule has 1 saturated heterocycles. The number of carbonyl (C=O) groups is 6. The highest BCUT2D eigenvalue weighted by molar-refractivity contribution is 6.08. The van der Waals surface area contributed by atoms with Gasteiger partial charge in [0.25, 0.3) is 0 Å². The number of likely N-dealkylation sites (N-methyl/N-ethyl adjacent to an activating group) is 1. The molecule has 0 aromatic heterocycles. The molecule has 56 heavy (non-hydrogen) atoms. The Morgan fingerprint density at radius 2 is 1.55 bits per heavy atom. The Morgan fingerprint density at radius 1 is 0.946 bits per heavy atom. The number of benzene rings is 1. The molecule has 6 amide bonds. The van der Waals surface area contributed by atoms with Gasteiger partial charge in [-0.3, -0.25) is 24.1 Å². The lowest BCUT2D eigenvalue weighted by Crippen LogP contribution is -2.39. The van der Waals surface area contributed by atoms with Crippen LogP contribution in [-0.4, -0.2) is 119 Å². The second-order valence-electron chi connectivity index (χ2n) is 13.6. The van der Waals surface area contributed by atoms with Crippen molar-refractivity contribution in [2.75, 3.05) is 58.9 Å². The van der Waals surface area contributed by atoms with Crippen molar-refractivity contribution in [3.05, 3.63) is 29.3 Å². The summed E-state index contributed by atoms with van der Waals surface area (Å²) >= 11 is 0. The lowest BCUT2D eigenvalue weighted by atomic mass is 9.90. The number of likely N-dealkylation sites (tertiary alicyclic amines) is 1. The van der Waals surface area contributed by atoms with Crippen molar-refractivity contribution in [1.82, 2.24) is 20.9 Å². The van der Waals surface area contributed by atoms with E-state index in [1.54, 1.807) is 7.05 Å². The fraction of sp³-hybridized carbons (Fsp3) is 0.700. The van der Waals surface area contributed by atoms with Crippen LogP contribution in [0.15, 0.2) is 18.2 Å². The zero-order chi connectivity index (χ0) is 43.3.